The van der Waals surface area contributed by atoms with Gasteiger partial charge in [-0.15, -0.1) is 0 Å². The normalized spacial score (nSPS) is 17.4. The Labute approximate surface area is 158 Å². The van der Waals surface area contributed by atoms with Gasteiger partial charge in [-0.2, -0.15) is 0 Å². The van der Waals surface area contributed by atoms with Gasteiger partial charge in [-0.1, -0.05) is 23.7 Å². The molecule has 0 saturated carbocycles. The molecule has 142 valence electrons. The van der Waals surface area contributed by atoms with Crippen molar-refractivity contribution >= 4 is 31.5 Å². The van der Waals surface area contributed by atoms with Gasteiger partial charge in [0, 0.05) is 18.1 Å². The van der Waals surface area contributed by atoms with Gasteiger partial charge in [-0.05, 0) is 42.7 Å². The predicted molar refractivity (Wildman–Crippen MR) is 100 cm³/mol. The van der Waals surface area contributed by atoms with Gasteiger partial charge in [-0.25, -0.2) is 21.1 Å². The Morgan fingerprint density at radius 2 is 1.77 bits per heavy atom. The topological polar surface area (TPSA) is 84.7 Å². The summed E-state index contributed by atoms with van der Waals surface area (Å²) in [5.74, 6) is 0.109. The third-order valence-electron chi connectivity index (χ3n) is 4.46. The van der Waals surface area contributed by atoms with Gasteiger partial charge < -0.3 is 4.42 Å². The van der Waals surface area contributed by atoms with Crippen LogP contribution in [0.4, 0.5) is 0 Å². The van der Waals surface area contributed by atoms with Gasteiger partial charge >= 0.3 is 0 Å². The van der Waals surface area contributed by atoms with Gasteiger partial charge in [0.15, 0.2) is 9.84 Å². The molecule has 9 heteroatoms. The van der Waals surface area contributed by atoms with E-state index < -0.39 is 25.1 Å². The number of piperidine rings is 1. The summed E-state index contributed by atoms with van der Waals surface area (Å²) in [5.41, 5.74) is 0.616. The summed E-state index contributed by atoms with van der Waals surface area (Å²) in [6.07, 6.45) is 2.02. The SMILES string of the molecule is O=S(=O)(Cc1ccco1)C1CCN(S(=O)(=O)Cc2cccc(Cl)c2)CC1. The van der Waals surface area contributed by atoms with E-state index in [1.165, 1.54) is 10.6 Å². The van der Waals surface area contributed by atoms with Crippen LogP contribution in [0.1, 0.15) is 24.2 Å². The van der Waals surface area contributed by atoms with Gasteiger partial charge in [0.25, 0.3) is 0 Å². The summed E-state index contributed by atoms with van der Waals surface area (Å²) in [6.45, 7) is 0.399. The van der Waals surface area contributed by atoms with Crippen molar-refractivity contribution in [2.45, 2.75) is 29.6 Å². The van der Waals surface area contributed by atoms with Crippen molar-refractivity contribution in [1.82, 2.24) is 4.31 Å². The lowest BCUT2D eigenvalue weighted by molar-refractivity contribution is 0.344. The Morgan fingerprint density at radius 1 is 1.04 bits per heavy atom. The maximum absolute atomic E-state index is 12.6. The monoisotopic (exact) mass is 417 g/mol. The molecule has 0 amide bonds. The minimum atomic E-state index is -3.51. The Bertz CT molecular complexity index is 947. The van der Waals surface area contributed by atoms with Gasteiger partial charge in [0.2, 0.25) is 10.0 Å². The second-order valence-electron chi connectivity index (χ2n) is 6.37. The first-order chi connectivity index (χ1) is 12.3. The van der Waals surface area contributed by atoms with Crippen molar-refractivity contribution in [3.8, 4) is 0 Å². The standard InChI is InChI=1S/C17H20ClNO5S2/c18-15-4-1-3-14(11-15)12-26(22,23)19-8-6-17(7-9-19)25(20,21)13-16-5-2-10-24-16/h1-5,10-11,17H,6-9,12-13H2. The molecule has 1 aliphatic heterocycles. The third kappa shape index (κ3) is 4.68. The zero-order valence-electron chi connectivity index (χ0n) is 14.0. The van der Waals surface area contributed by atoms with Crippen molar-refractivity contribution in [2.75, 3.05) is 13.1 Å². The van der Waals surface area contributed by atoms with E-state index in [0.717, 1.165) is 0 Å². The highest BCUT2D eigenvalue weighted by molar-refractivity contribution is 7.91. The van der Waals surface area contributed by atoms with E-state index >= 15 is 0 Å². The maximum atomic E-state index is 12.6. The average Bonchev–Trinajstić information content (AvgIpc) is 3.07. The minimum Gasteiger partial charge on any atom is -0.468 e. The summed E-state index contributed by atoms with van der Waals surface area (Å²) in [6, 6.07) is 10.0. The molecule has 0 aliphatic carbocycles. The first-order valence-electron chi connectivity index (χ1n) is 8.22. The van der Waals surface area contributed by atoms with E-state index in [-0.39, 0.29) is 37.4 Å². The van der Waals surface area contributed by atoms with Crippen LogP contribution in [0.15, 0.2) is 47.1 Å². The van der Waals surface area contributed by atoms with Crippen molar-refractivity contribution in [3.63, 3.8) is 0 Å². The van der Waals surface area contributed by atoms with Crippen LogP contribution >= 0.6 is 11.6 Å². The molecule has 0 atom stereocenters. The van der Waals surface area contributed by atoms with E-state index in [1.54, 1.807) is 36.4 Å². The van der Waals surface area contributed by atoms with Crippen LogP contribution in [-0.4, -0.2) is 39.5 Å². The molecule has 0 spiro atoms. The number of hydrogen-bond donors (Lipinski definition) is 0. The molecule has 1 aliphatic rings. The van der Waals surface area contributed by atoms with E-state index in [2.05, 4.69) is 0 Å². The highest BCUT2D eigenvalue weighted by Gasteiger charge is 2.34. The molecule has 2 aromatic rings. The predicted octanol–water partition coefficient (Wildman–Crippen LogP) is 2.84. The van der Waals surface area contributed by atoms with Crippen LogP contribution in [0.25, 0.3) is 0 Å². The fourth-order valence-electron chi connectivity index (χ4n) is 3.11. The molecule has 2 heterocycles. The number of halogens is 1. The first-order valence-corrected chi connectivity index (χ1v) is 11.9. The third-order valence-corrected chi connectivity index (χ3v) is 8.72. The summed E-state index contributed by atoms with van der Waals surface area (Å²) in [5, 5.41) is -0.0642. The second-order valence-corrected chi connectivity index (χ2v) is 11.1. The van der Waals surface area contributed by atoms with Crippen LogP contribution in [0.5, 0.6) is 0 Å². The number of benzene rings is 1. The van der Waals surface area contributed by atoms with Crippen molar-refractivity contribution in [2.24, 2.45) is 0 Å². The summed E-state index contributed by atoms with van der Waals surface area (Å²) >= 11 is 5.90. The summed E-state index contributed by atoms with van der Waals surface area (Å²) < 4.78 is 56.7. The summed E-state index contributed by atoms with van der Waals surface area (Å²) in [7, 11) is -6.88. The Morgan fingerprint density at radius 3 is 2.38 bits per heavy atom. The zero-order chi connectivity index (χ0) is 18.8. The Hall–Kier alpha value is -1.35. The Kier molecular flexibility index (Phi) is 5.76. The van der Waals surface area contributed by atoms with E-state index in [9.17, 15) is 16.8 Å². The molecular formula is C17H20ClNO5S2. The van der Waals surface area contributed by atoms with Crippen LogP contribution in [0, 0.1) is 0 Å². The smallest absolute Gasteiger partial charge is 0.218 e. The largest absolute Gasteiger partial charge is 0.468 e. The molecule has 6 nitrogen and oxygen atoms in total. The molecule has 1 aromatic heterocycles. The van der Waals surface area contributed by atoms with Crippen LogP contribution < -0.4 is 0 Å². The number of rotatable bonds is 6. The van der Waals surface area contributed by atoms with Crippen molar-refractivity contribution in [3.05, 3.63) is 59.0 Å². The highest BCUT2D eigenvalue weighted by Crippen LogP contribution is 2.25. The van der Waals surface area contributed by atoms with E-state index in [4.69, 9.17) is 16.0 Å². The van der Waals surface area contributed by atoms with Crippen LogP contribution in [0.2, 0.25) is 5.02 Å². The van der Waals surface area contributed by atoms with Gasteiger partial charge in [-0.3, -0.25) is 0 Å². The summed E-state index contributed by atoms with van der Waals surface area (Å²) in [4.78, 5) is 0. The molecule has 1 fully saturated rings. The lowest BCUT2D eigenvalue weighted by atomic mass is 10.2. The maximum Gasteiger partial charge on any atom is 0.218 e. The molecule has 1 aromatic carbocycles. The Balaban J connectivity index is 1.62. The number of hydrogen-bond acceptors (Lipinski definition) is 5. The molecule has 0 unspecified atom stereocenters. The van der Waals surface area contributed by atoms with E-state index in [0.29, 0.717) is 16.3 Å². The highest BCUT2D eigenvalue weighted by atomic mass is 35.5. The number of sulfone groups is 1. The van der Waals surface area contributed by atoms with Crippen molar-refractivity contribution in [1.29, 1.82) is 0 Å². The zero-order valence-corrected chi connectivity index (χ0v) is 16.4. The van der Waals surface area contributed by atoms with Crippen LogP contribution in [-0.2, 0) is 31.4 Å². The molecule has 26 heavy (non-hydrogen) atoms. The number of sulfonamides is 1. The lowest BCUT2D eigenvalue weighted by Crippen LogP contribution is -2.43. The van der Waals surface area contributed by atoms with Gasteiger partial charge in [0.1, 0.15) is 11.5 Å². The second kappa shape index (κ2) is 7.72. The molecular weight excluding hydrogens is 398 g/mol. The van der Waals surface area contributed by atoms with E-state index in [1.807, 2.05) is 0 Å². The fourth-order valence-corrected chi connectivity index (χ4v) is 6.60. The molecule has 3 rings (SSSR count). The minimum absolute atomic E-state index is 0.141. The molecule has 0 radical (unpaired) electrons. The number of furan rings is 1. The molecule has 0 bridgehead atoms. The fraction of sp³-hybridized carbons (Fsp3) is 0.412. The first kappa shape index (κ1) is 19.4. The van der Waals surface area contributed by atoms with Gasteiger partial charge in [0.05, 0.1) is 17.3 Å². The lowest BCUT2D eigenvalue weighted by Gasteiger charge is -2.30. The quantitative estimate of drug-likeness (QED) is 0.721. The average molecular weight is 418 g/mol. The molecule has 1 saturated heterocycles. The molecule has 0 N–H and O–H groups in total. The number of nitrogens with zero attached hydrogens (tertiary/aromatic N) is 1. The van der Waals surface area contributed by atoms with Crippen molar-refractivity contribution < 1.29 is 21.3 Å². The van der Waals surface area contributed by atoms with Crippen LogP contribution in [0.3, 0.4) is 0 Å².